The third-order valence-electron chi connectivity index (χ3n) is 5.56. The molecular formula is C26H47NO. The highest BCUT2D eigenvalue weighted by Crippen LogP contribution is 2.17. The zero-order valence-corrected chi connectivity index (χ0v) is 19.1. The van der Waals surface area contributed by atoms with Gasteiger partial charge in [0.05, 0.1) is 12.7 Å². The third kappa shape index (κ3) is 13.2. The Hall–Kier alpha value is -1.02. The predicted octanol–water partition coefficient (Wildman–Crippen LogP) is 8.50. The summed E-state index contributed by atoms with van der Waals surface area (Å²) in [4.78, 5) is 0. The molecule has 0 amide bonds. The number of ether oxygens (including phenoxy) is 1. The van der Waals surface area contributed by atoms with Crippen LogP contribution in [0.15, 0.2) is 24.3 Å². The van der Waals surface area contributed by atoms with Gasteiger partial charge >= 0.3 is 0 Å². The van der Waals surface area contributed by atoms with Crippen molar-refractivity contribution in [3.8, 4) is 0 Å². The number of hydrogen-bond acceptors (Lipinski definition) is 2. The Morgan fingerprint density at radius 2 is 1.21 bits per heavy atom. The van der Waals surface area contributed by atoms with Crippen LogP contribution in [0.4, 0.5) is 5.69 Å². The number of nitrogens with one attached hydrogen (secondary N) is 1. The number of benzene rings is 1. The van der Waals surface area contributed by atoms with Gasteiger partial charge in [-0.2, -0.15) is 0 Å². The summed E-state index contributed by atoms with van der Waals surface area (Å²) >= 11 is 0. The van der Waals surface area contributed by atoms with Gasteiger partial charge in [0.2, 0.25) is 0 Å². The molecule has 162 valence electrons. The van der Waals surface area contributed by atoms with Crippen molar-refractivity contribution in [1.29, 1.82) is 0 Å². The van der Waals surface area contributed by atoms with Crippen molar-refractivity contribution in [2.75, 3.05) is 11.9 Å². The van der Waals surface area contributed by atoms with Gasteiger partial charge in [0.15, 0.2) is 0 Å². The summed E-state index contributed by atoms with van der Waals surface area (Å²) < 4.78 is 6.29. The molecular weight excluding hydrogens is 342 g/mol. The molecule has 28 heavy (non-hydrogen) atoms. The van der Waals surface area contributed by atoms with Crippen LogP contribution in [-0.2, 0) is 11.3 Å². The van der Waals surface area contributed by atoms with Crippen LogP contribution in [0.25, 0.3) is 0 Å². The Bertz CT molecular complexity index is 432. The molecule has 2 nitrogen and oxygen atoms in total. The number of hydrogen-bond donors (Lipinski definition) is 1. The number of anilines is 1. The summed E-state index contributed by atoms with van der Waals surface area (Å²) in [6.07, 6.45) is 18.8. The van der Waals surface area contributed by atoms with Gasteiger partial charge in [0.25, 0.3) is 0 Å². The molecule has 0 spiro atoms. The van der Waals surface area contributed by atoms with Crippen molar-refractivity contribution in [3.63, 3.8) is 0 Å². The van der Waals surface area contributed by atoms with Crippen LogP contribution >= 0.6 is 0 Å². The number of rotatable bonds is 19. The molecule has 0 radical (unpaired) electrons. The summed E-state index contributed by atoms with van der Waals surface area (Å²) in [5.74, 6) is 0. The SMILES string of the molecule is CCCCCCCCNc1ccc(COC(CCCCC)CCCCC)cc1. The van der Waals surface area contributed by atoms with Crippen molar-refractivity contribution in [1.82, 2.24) is 0 Å². The van der Waals surface area contributed by atoms with E-state index in [9.17, 15) is 0 Å². The molecule has 0 saturated heterocycles. The molecule has 1 aromatic rings. The minimum Gasteiger partial charge on any atom is -0.385 e. The lowest BCUT2D eigenvalue weighted by Crippen LogP contribution is -2.13. The van der Waals surface area contributed by atoms with E-state index >= 15 is 0 Å². The highest BCUT2D eigenvalue weighted by molar-refractivity contribution is 5.44. The molecule has 1 aromatic carbocycles. The van der Waals surface area contributed by atoms with Crippen molar-refractivity contribution in [2.45, 2.75) is 123 Å². The van der Waals surface area contributed by atoms with Gasteiger partial charge in [-0.1, -0.05) is 104 Å². The lowest BCUT2D eigenvalue weighted by atomic mass is 10.0. The van der Waals surface area contributed by atoms with E-state index in [0.717, 1.165) is 13.2 Å². The van der Waals surface area contributed by atoms with Crippen LogP contribution in [0, 0.1) is 0 Å². The van der Waals surface area contributed by atoms with Crippen LogP contribution in [0.5, 0.6) is 0 Å². The molecule has 0 saturated carbocycles. The van der Waals surface area contributed by atoms with Crippen LogP contribution in [0.3, 0.4) is 0 Å². The Labute approximate surface area is 175 Å². The summed E-state index contributed by atoms with van der Waals surface area (Å²) in [5.41, 5.74) is 2.53. The fourth-order valence-electron chi connectivity index (χ4n) is 3.63. The van der Waals surface area contributed by atoms with Crippen LogP contribution in [-0.4, -0.2) is 12.6 Å². The maximum atomic E-state index is 6.29. The third-order valence-corrected chi connectivity index (χ3v) is 5.56. The number of unbranched alkanes of at least 4 members (excludes halogenated alkanes) is 9. The van der Waals surface area contributed by atoms with E-state index in [1.807, 2.05) is 0 Å². The first kappa shape index (κ1) is 25.0. The summed E-state index contributed by atoms with van der Waals surface area (Å²) in [5, 5.41) is 3.56. The van der Waals surface area contributed by atoms with E-state index in [-0.39, 0.29) is 0 Å². The smallest absolute Gasteiger partial charge is 0.0720 e. The van der Waals surface area contributed by atoms with E-state index in [1.54, 1.807) is 0 Å². The second-order valence-electron chi connectivity index (χ2n) is 8.32. The zero-order valence-electron chi connectivity index (χ0n) is 19.1. The van der Waals surface area contributed by atoms with Crippen molar-refractivity contribution < 1.29 is 4.74 Å². The molecule has 0 aromatic heterocycles. The minimum absolute atomic E-state index is 0.434. The van der Waals surface area contributed by atoms with Crippen LogP contribution in [0.2, 0.25) is 0 Å². The summed E-state index contributed by atoms with van der Waals surface area (Å²) in [6.45, 7) is 8.65. The van der Waals surface area contributed by atoms with Crippen molar-refractivity contribution in [3.05, 3.63) is 29.8 Å². The van der Waals surface area contributed by atoms with Gasteiger partial charge in [0, 0.05) is 12.2 Å². The average molecular weight is 390 g/mol. The minimum atomic E-state index is 0.434. The predicted molar refractivity (Wildman–Crippen MR) is 125 cm³/mol. The first-order valence-electron chi connectivity index (χ1n) is 12.2. The van der Waals surface area contributed by atoms with Crippen molar-refractivity contribution >= 4 is 5.69 Å². The highest BCUT2D eigenvalue weighted by Gasteiger charge is 2.09. The molecule has 0 aliphatic rings. The molecule has 0 aliphatic heterocycles. The monoisotopic (exact) mass is 389 g/mol. The fraction of sp³-hybridized carbons (Fsp3) is 0.769. The molecule has 0 bridgehead atoms. The lowest BCUT2D eigenvalue weighted by molar-refractivity contribution is 0.0262. The van der Waals surface area contributed by atoms with E-state index in [4.69, 9.17) is 4.74 Å². The average Bonchev–Trinajstić information content (AvgIpc) is 2.72. The van der Waals surface area contributed by atoms with E-state index in [2.05, 4.69) is 50.4 Å². The largest absolute Gasteiger partial charge is 0.385 e. The van der Waals surface area contributed by atoms with Gasteiger partial charge in [-0.25, -0.2) is 0 Å². The fourth-order valence-corrected chi connectivity index (χ4v) is 3.63. The van der Waals surface area contributed by atoms with E-state index < -0.39 is 0 Å². The maximum Gasteiger partial charge on any atom is 0.0720 e. The van der Waals surface area contributed by atoms with Gasteiger partial charge in [-0.05, 0) is 37.0 Å². The Kier molecular flexibility index (Phi) is 16.1. The molecule has 1 rings (SSSR count). The quantitative estimate of drug-likeness (QED) is 0.239. The molecule has 0 fully saturated rings. The Morgan fingerprint density at radius 3 is 1.82 bits per heavy atom. The first-order valence-corrected chi connectivity index (χ1v) is 12.2. The molecule has 0 atom stereocenters. The van der Waals surface area contributed by atoms with Gasteiger partial charge in [0.1, 0.15) is 0 Å². The molecule has 0 aliphatic carbocycles. The summed E-state index contributed by atoms with van der Waals surface area (Å²) in [7, 11) is 0. The Balaban J connectivity index is 2.26. The second-order valence-corrected chi connectivity index (χ2v) is 8.32. The topological polar surface area (TPSA) is 21.3 Å². The zero-order chi connectivity index (χ0) is 20.3. The van der Waals surface area contributed by atoms with Gasteiger partial charge in [-0.3, -0.25) is 0 Å². The van der Waals surface area contributed by atoms with Gasteiger partial charge in [-0.15, -0.1) is 0 Å². The Morgan fingerprint density at radius 1 is 0.679 bits per heavy atom. The standard InChI is InChI=1S/C26H47NO/c1-4-7-10-11-12-15-22-27-25-20-18-24(19-21-25)23-28-26(16-13-8-5-2)17-14-9-6-3/h18-21,26-27H,4-17,22-23H2,1-3H3. The molecule has 2 heteroatoms. The first-order chi connectivity index (χ1) is 13.8. The van der Waals surface area contributed by atoms with Gasteiger partial charge < -0.3 is 10.1 Å². The van der Waals surface area contributed by atoms with E-state index in [1.165, 1.54) is 101 Å². The molecule has 0 heterocycles. The molecule has 0 unspecified atom stereocenters. The lowest BCUT2D eigenvalue weighted by Gasteiger charge is -2.18. The second kappa shape index (κ2) is 18.0. The molecule has 1 N–H and O–H groups in total. The maximum absolute atomic E-state index is 6.29. The van der Waals surface area contributed by atoms with E-state index in [0.29, 0.717) is 6.10 Å². The summed E-state index contributed by atoms with van der Waals surface area (Å²) in [6, 6.07) is 8.86. The normalized spacial score (nSPS) is 11.3. The van der Waals surface area contributed by atoms with Crippen LogP contribution in [0.1, 0.15) is 116 Å². The highest BCUT2D eigenvalue weighted by atomic mass is 16.5. The van der Waals surface area contributed by atoms with Crippen molar-refractivity contribution in [2.24, 2.45) is 0 Å². The van der Waals surface area contributed by atoms with Crippen LogP contribution < -0.4 is 5.32 Å².